The summed E-state index contributed by atoms with van der Waals surface area (Å²) in [6.07, 6.45) is 75.1. The number of nitrogens with one attached hydrogen (secondary N) is 1. The Morgan fingerprint density at radius 2 is 0.653 bits per heavy atom. The number of esters is 1. The van der Waals surface area contributed by atoms with Gasteiger partial charge in [-0.1, -0.05) is 321 Å². The molecule has 0 radical (unpaired) electrons. The van der Waals surface area contributed by atoms with E-state index in [1.807, 2.05) is 0 Å². The Morgan fingerprint density at radius 1 is 0.375 bits per heavy atom. The zero-order chi connectivity index (χ0) is 52.2. The molecule has 72 heavy (non-hydrogen) atoms. The minimum atomic E-state index is -0.672. The predicted molar refractivity (Wildman–Crippen MR) is 315 cm³/mol. The van der Waals surface area contributed by atoms with Crippen LogP contribution in [0.3, 0.4) is 0 Å². The topological polar surface area (TPSA) is 95.9 Å². The SMILES string of the molecule is CCCCCCCCCCCCCCCCCCCCCCCC(O)C(CO)NC(=O)CCCCCCCCC/C=C\CCCCCCCCOC(=O)CCCCCCCCCCCCCCCCCCC. The molecule has 0 saturated carbocycles. The van der Waals surface area contributed by atoms with Crippen molar-refractivity contribution in [3.63, 3.8) is 0 Å². The third-order valence-corrected chi connectivity index (χ3v) is 15.6. The average Bonchev–Trinajstić information content (AvgIpc) is 3.38. The van der Waals surface area contributed by atoms with E-state index in [0.29, 0.717) is 25.9 Å². The first-order valence-electron chi connectivity index (χ1n) is 32.9. The first kappa shape index (κ1) is 70.6. The van der Waals surface area contributed by atoms with Crippen LogP contribution in [0.25, 0.3) is 0 Å². The highest BCUT2D eigenvalue weighted by atomic mass is 16.5. The van der Waals surface area contributed by atoms with Crippen molar-refractivity contribution in [2.45, 2.75) is 386 Å². The van der Waals surface area contributed by atoms with Gasteiger partial charge in [-0.25, -0.2) is 0 Å². The fourth-order valence-corrected chi connectivity index (χ4v) is 10.5. The van der Waals surface area contributed by atoms with Gasteiger partial charge in [0.25, 0.3) is 0 Å². The second kappa shape index (κ2) is 62.1. The number of rotatable bonds is 62. The van der Waals surface area contributed by atoms with Crippen LogP contribution < -0.4 is 5.32 Å². The highest BCUT2D eigenvalue weighted by molar-refractivity contribution is 5.76. The molecule has 0 aromatic rings. The number of carbonyl (C=O) groups is 2. The van der Waals surface area contributed by atoms with E-state index in [0.717, 1.165) is 51.4 Å². The number of hydrogen-bond acceptors (Lipinski definition) is 5. The molecule has 0 aromatic heterocycles. The van der Waals surface area contributed by atoms with E-state index in [2.05, 4.69) is 31.3 Å². The summed E-state index contributed by atoms with van der Waals surface area (Å²) in [5, 5.41) is 23.4. The molecule has 0 fully saturated rings. The molecule has 2 unspecified atom stereocenters. The first-order valence-corrected chi connectivity index (χ1v) is 32.9. The number of ether oxygens (including phenoxy) is 1. The van der Waals surface area contributed by atoms with Gasteiger partial charge in [-0.05, 0) is 51.4 Å². The quantitative estimate of drug-likeness (QED) is 0.0320. The molecule has 1 amide bonds. The molecule has 0 saturated heterocycles. The maximum Gasteiger partial charge on any atom is 0.305 e. The number of carbonyl (C=O) groups excluding carboxylic acids is 2. The third-order valence-electron chi connectivity index (χ3n) is 15.6. The minimum Gasteiger partial charge on any atom is -0.466 e. The van der Waals surface area contributed by atoms with E-state index >= 15 is 0 Å². The fourth-order valence-electron chi connectivity index (χ4n) is 10.5. The molecule has 0 spiro atoms. The zero-order valence-electron chi connectivity index (χ0n) is 48.9. The monoisotopic (exact) mass is 1020 g/mol. The van der Waals surface area contributed by atoms with Crippen molar-refractivity contribution in [3.8, 4) is 0 Å². The molecule has 0 rings (SSSR count). The van der Waals surface area contributed by atoms with Crippen LogP contribution in [0.15, 0.2) is 12.2 Å². The van der Waals surface area contributed by atoms with Crippen molar-refractivity contribution in [2.24, 2.45) is 0 Å². The van der Waals surface area contributed by atoms with Crippen LogP contribution in [0.5, 0.6) is 0 Å². The normalized spacial score (nSPS) is 12.6. The van der Waals surface area contributed by atoms with Gasteiger partial charge in [-0.2, -0.15) is 0 Å². The van der Waals surface area contributed by atoms with Gasteiger partial charge in [-0.3, -0.25) is 9.59 Å². The molecule has 428 valence electrons. The number of aliphatic hydroxyl groups is 2. The van der Waals surface area contributed by atoms with Gasteiger partial charge in [0.1, 0.15) is 0 Å². The van der Waals surface area contributed by atoms with Gasteiger partial charge in [0.15, 0.2) is 0 Å². The van der Waals surface area contributed by atoms with Crippen LogP contribution in [0.4, 0.5) is 0 Å². The standard InChI is InChI=1S/C66H129NO5/c1-3-5-7-9-11-13-15-17-19-21-22-23-24-27-30-34-38-42-46-50-54-58-64(69)63(62-68)67-65(70)59-55-51-47-43-39-35-31-28-25-29-33-37-41-45-49-53-57-61-72-66(71)60-56-52-48-44-40-36-32-26-20-18-16-14-12-10-8-6-4-2/h25,29,63-64,68-69H,3-24,26-28,30-62H2,1-2H3,(H,67,70)/b29-25-. The van der Waals surface area contributed by atoms with Crippen molar-refractivity contribution >= 4 is 11.9 Å². The van der Waals surface area contributed by atoms with Crippen molar-refractivity contribution in [3.05, 3.63) is 12.2 Å². The largest absolute Gasteiger partial charge is 0.466 e. The lowest BCUT2D eigenvalue weighted by Crippen LogP contribution is -2.45. The highest BCUT2D eigenvalue weighted by Crippen LogP contribution is 2.18. The summed E-state index contributed by atoms with van der Waals surface area (Å²) in [5.41, 5.74) is 0. The van der Waals surface area contributed by atoms with Crippen LogP contribution in [-0.2, 0) is 14.3 Å². The van der Waals surface area contributed by atoms with E-state index in [9.17, 15) is 19.8 Å². The second-order valence-corrected chi connectivity index (χ2v) is 22.8. The Kier molecular flexibility index (Phi) is 60.9. The van der Waals surface area contributed by atoms with Crippen LogP contribution >= 0.6 is 0 Å². The number of amides is 1. The molecule has 0 bridgehead atoms. The average molecular weight is 1020 g/mol. The summed E-state index contributed by atoms with van der Waals surface area (Å²) in [6.45, 7) is 4.97. The summed E-state index contributed by atoms with van der Waals surface area (Å²) in [6, 6.07) is -0.551. The number of allylic oxidation sites excluding steroid dienone is 2. The lowest BCUT2D eigenvalue weighted by molar-refractivity contribution is -0.143. The Labute approximate surface area is 450 Å². The third kappa shape index (κ3) is 57.9. The van der Waals surface area contributed by atoms with Crippen LogP contribution in [-0.4, -0.2) is 47.4 Å². The minimum absolute atomic E-state index is 0.00336. The van der Waals surface area contributed by atoms with Crippen molar-refractivity contribution < 1.29 is 24.5 Å². The van der Waals surface area contributed by atoms with Crippen molar-refractivity contribution in [1.82, 2.24) is 5.32 Å². The Morgan fingerprint density at radius 3 is 0.986 bits per heavy atom. The van der Waals surface area contributed by atoms with Gasteiger partial charge < -0.3 is 20.3 Å². The Hall–Kier alpha value is -1.40. The maximum absolute atomic E-state index is 12.5. The summed E-state index contributed by atoms with van der Waals surface area (Å²) in [4.78, 5) is 24.6. The lowest BCUT2D eigenvalue weighted by atomic mass is 10.0. The molecular formula is C66H129NO5. The van der Waals surface area contributed by atoms with E-state index in [1.54, 1.807) is 0 Å². The molecular weight excluding hydrogens is 887 g/mol. The smallest absolute Gasteiger partial charge is 0.305 e. The summed E-state index contributed by atoms with van der Waals surface area (Å²) < 4.78 is 5.49. The molecule has 0 aliphatic carbocycles. The number of hydrogen-bond donors (Lipinski definition) is 3. The molecule has 6 heteroatoms. The molecule has 3 N–H and O–H groups in total. The predicted octanol–water partition coefficient (Wildman–Crippen LogP) is 20.8. The second-order valence-electron chi connectivity index (χ2n) is 22.8. The lowest BCUT2D eigenvalue weighted by Gasteiger charge is -2.22. The summed E-state index contributed by atoms with van der Waals surface area (Å²) >= 11 is 0. The molecule has 0 aliphatic rings. The fraction of sp³-hybridized carbons (Fsp3) is 0.939. The van der Waals surface area contributed by atoms with Gasteiger partial charge in [0.05, 0.1) is 25.4 Å². The first-order chi connectivity index (χ1) is 35.5. The van der Waals surface area contributed by atoms with E-state index in [1.165, 1.54) is 289 Å². The van der Waals surface area contributed by atoms with Crippen molar-refractivity contribution in [2.75, 3.05) is 13.2 Å². The van der Waals surface area contributed by atoms with E-state index in [-0.39, 0.29) is 18.5 Å². The highest BCUT2D eigenvalue weighted by Gasteiger charge is 2.20. The Bertz CT molecular complexity index is 1080. The zero-order valence-corrected chi connectivity index (χ0v) is 48.9. The number of unbranched alkanes of at least 4 members (excludes halogenated alkanes) is 49. The van der Waals surface area contributed by atoms with Crippen LogP contribution in [0.2, 0.25) is 0 Å². The molecule has 0 heterocycles. The van der Waals surface area contributed by atoms with Crippen LogP contribution in [0, 0.1) is 0 Å². The van der Waals surface area contributed by atoms with Gasteiger partial charge in [0.2, 0.25) is 5.91 Å². The van der Waals surface area contributed by atoms with Crippen LogP contribution in [0.1, 0.15) is 373 Å². The van der Waals surface area contributed by atoms with E-state index < -0.39 is 12.1 Å². The summed E-state index contributed by atoms with van der Waals surface area (Å²) in [7, 11) is 0. The maximum atomic E-state index is 12.5. The molecule has 0 aliphatic heterocycles. The molecule has 6 nitrogen and oxygen atoms in total. The summed E-state index contributed by atoms with van der Waals surface area (Å²) in [5.74, 6) is -0.0393. The van der Waals surface area contributed by atoms with Gasteiger partial charge in [-0.15, -0.1) is 0 Å². The number of aliphatic hydroxyl groups excluding tert-OH is 2. The molecule has 2 atom stereocenters. The molecule has 0 aromatic carbocycles. The van der Waals surface area contributed by atoms with Gasteiger partial charge in [0, 0.05) is 12.8 Å². The van der Waals surface area contributed by atoms with Gasteiger partial charge >= 0.3 is 5.97 Å². The van der Waals surface area contributed by atoms with Crippen molar-refractivity contribution in [1.29, 1.82) is 0 Å². The Balaban J connectivity index is 3.43. The van der Waals surface area contributed by atoms with E-state index in [4.69, 9.17) is 4.74 Å².